The largest absolute Gasteiger partial charge is 0.416 e. The Bertz CT molecular complexity index is 1320. The summed E-state index contributed by atoms with van der Waals surface area (Å²) in [5, 5.41) is 3.46. The van der Waals surface area contributed by atoms with E-state index in [0.29, 0.717) is 25.1 Å². The first kappa shape index (κ1) is 22.0. The number of alkyl halides is 3. The lowest BCUT2D eigenvalue weighted by atomic mass is 9.98. The van der Waals surface area contributed by atoms with E-state index in [4.69, 9.17) is 0 Å². The van der Waals surface area contributed by atoms with Crippen molar-refractivity contribution >= 4 is 32.2 Å². The summed E-state index contributed by atoms with van der Waals surface area (Å²) in [4.78, 5) is 2.31. The molecule has 0 spiro atoms. The standard InChI is InChI=1S/C24H24F3N3O2S/c25-24(26,27)18-3-8-23-21(15-18)22(17-9-11-28-12-10-17)16-30(23)33(31,32)20-6-4-19(5-7-20)29-13-1-2-14-29/h3-9,15-16,28H,1-2,10-14H2. The maximum atomic E-state index is 13.6. The van der Waals surface area contributed by atoms with Gasteiger partial charge in [0.1, 0.15) is 0 Å². The van der Waals surface area contributed by atoms with E-state index >= 15 is 0 Å². The third-order valence-electron chi connectivity index (χ3n) is 6.37. The normalized spacial score (nSPS) is 17.5. The van der Waals surface area contributed by atoms with E-state index in [-0.39, 0.29) is 15.8 Å². The zero-order valence-electron chi connectivity index (χ0n) is 17.9. The molecule has 3 heterocycles. The van der Waals surface area contributed by atoms with Gasteiger partial charge in [0, 0.05) is 42.5 Å². The van der Waals surface area contributed by atoms with E-state index in [2.05, 4.69) is 10.2 Å². The Labute approximate surface area is 190 Å². The molecule has 1 saturated heterocycles. The van der Waals surface area contributed by atoms with Gasteiger partial charge in [0.2, 0.25) is 0 Å². The lowest BCUT2D eigenvalue weighted by molar-refractivity contribution is -0.137. The SMILES string of the molecule is O=S(=O)(c1ccc(N2CCCC2)cc1)n1cc(C2=CCNCC2)c2cc(C(F)(F)F)ccc21. The minimum atomic E-state index is -4.51. The molecule has 5 nitrogen and oxygen atoms in total. The van der Waals surface area contributed by atoms with E-state index in [0.717, 1.165) is 53.3 Å². The van der Waals surface area contributed by atoms with Gasteiger partial charge in [0.15, 0.2) is 0 Å². The number of benzene rings is 2. The van der Waals surface area contributed by atoms with Gasteiger partial charge < -0.3 is 10.2 Å². The van der Waals surface area contributed by atoms with Gasteiger partial charge in [-0.2, -0.15) is 13.2 Å². The molecule has 0 aliphatic carbocycles. The number of aromatic nitrogens is 1. The summed E-state index contributed by atoms with van der Waals surface area (Å²) in [6.07, 6.45) is 1.69. The molecular formula is C24H24F3N3O2S. The quantitative estimate of drug-likeness (QED) is 0.585. The van der Waals surface area contributed by atoms with E-state index in [1.807, 2.05) is 6.08 Å². The summed E-state index contributed by atoms with van der Waals surface area (Å²) in [6.45, 7) is 3.17. The molecule has 0 radical (unpaired) electrons. The molecule has 33 heavy (non-hydrogen) atoms. The van der Waals surface area contributed by atoms with Crippen molar-refractivity contribution in [2.75, 3.05) is 31.1 Å². The molecule has 2 aromatic carbocycles. The van der Waals surface area contributed by atoms with Crippen LogP contribution in [0.15, 0.2) is 59.6 Å². The summed E-state index contributed by atoms with van der Waals surface area (Å²) < 4.78 is 68.4. The second-order valence-electron chi connectivity index (χ2n) is 8.44. The fourth-order valence-corrected chi connectivity index (χ4v) is 5.99. The van der Waals surface area contributed by atoms with Crippen LogP contribution in [0.25, 0.3) is 16.5 Å². The van der Waals surface area contributed by atoms with Gasteiger partial charge in [-0.05, 0) is 73.8 Å². The highest BCUT2D eigenvalue weighted by molar-refractivity contribution is 7.90. The van der Waals surface area contributed by atoms with Crippen LogP contribution in [0.3, 0.4) is 0 Å². The molecule has 174 valence electrons. The molecule has 0 saturated carbocycles. The van der Waals surface area contributed by atoms with E-state index in [1.54, 1.807) is 24.3 Å². The fourth-order valence-electron chi connectivity index (χ4n) is 4.62. The Balaban J connectivity index is 1.63. The van der Waals surface area contributed by atoms with Crippen molar-refractivity contribution in [1.82, 2.24) is 9.29 Å². The molecule has 1 fully saturated rings. The molecule has 0 atom stereocenters. The Morgan fingerprint density at radius 2 is 1.70 bits per heavy atom. The zero-order chi connectivity index (χ0) is 23.2. The second kappa shape index (κ2) is 8.22. The van der Waals surface area contributed by atoms with Gasteiger partial charge in [-0.3, -0.25) is 0 Å². The molecule has 2 aliphatic rings. The number of hydrogen-bond acceptors (Lipinski definition) is 4. The molecule has 0 bridgehead atoms. The molecule has 9 heteroatoms. The Kier molecular flexibility index (Phi) is 5.49. The molecule has 1 aromatic heterocycles. The number of fused-ring (bicyclic) bond motifs is 1. The Morgan fingerprint density at radius 3 is 2.33 bits per heavy atom. The minimum absolute atomic E-state index is 0.105. The lowest BCUT2D eigenvalue weighted by Crippen LogP contribution is -2.20. The van der Waals surface area contributed by atoms with Crippen molar-refractivity contribution in [3.63, 3.8) is 0 Å². The molecule has 2 aliphatic heterocycles. The number of hydrogen-bond donors (Lipinski definition) is 1. The first-order valence-electron chi connectivity index (χ1n) is 11.0. The summed E-state index contributed by atoms with van der Waals surface area (Å²) in [7, 11) is -4.00. The van der Waals surface area contributed by atoms with Crippen molar-refractivity contribution in [1.29, 1.82) is 0 Å². The van der Waals surface area contributed by atoms with Crippen molar-refractivity contribution in [3.8, 4) is 0 Å². The van der Waals surface area contributed by atoms with Gasteiger partial charge in [-0.25, -0.2) is 12.4 Å². The van der Waals surface area contributed by atoms with Gasteiger partial charge in [-0.15, -0.1) is 0 Å². The van der Waals surface area contributed by atoms with Crippen molar-refractivity contribution in [3.05, 3.63) is 65.9 Å². The topological polar surface area (TPSA) is 54.3 Å². The summed E-state index contributed by atoms with van der Waals surface area (Å²) in [5.41, 5.74) is 1.78. The molecule has 5 rings (SSSR count). The first-order chi connectivity index (χ1) is 15.7. The average Bonchev–Trinajstić information content (AvgIpc) is 3.47. The molecule has 0 unspecified atom stereocenters. The smallest absolute Gasteiger partial charge is 0.372 e. The number of rotatable bonds is 4. The van der Waals surface area contributed by atoms with E-state index in [9.17, 15) is 21.6 Å². The van der Waals surface area contributed by atoms with Crippen LogP contribution in [0.1, 0.15) is 30.4 Å². The third-order valence-corrected chi connectivity index (χ3v) is 8.06. The summed E-state index contributed by atoms with van der Waals surface area (Å²) >= 11 is 0. The highest BCUT2D eigenvalue weighted by Gasteiger charge is 2.32. The van der Waals surface area contributed by atoms with Crippen LogP contribution in [0.4, 0.5) is 18.9 Å². The monoisotopic (exact) mass is 475 g/mol. The predicted molar refractivity (Wildman–Crippen MR) is 123 cm³/mol. The van der Waals surface area contributed by atoms with Crippen LogP contribution in [-0.4, -0.2) is 38.6 Å². The molecular weight excluding hydrogens is 451 g/mol. The predicted octanol–water partition coefficient (Wildman–Crippen LogP) is 4.87. The van der Waals surface area contributed by atoms with Gasteiger partial charge in [0.25, 0.3) is 10.0 Å². The molecule has 0 amide bonds. The zero-order valence-corrected chi connectivity index (χ0v) is 18.7. The number of anilines is 1. The average molecular weight is 476 g/mol. The third kappa shape index (κ3) is 4.04. The van der Waals surface area contributed by atoms with Gasteiger partial charge in [-0.1, -0.05) is 6.08 Å². The Morgan fingerprint density at radius 1 is 0.970 bits per heavy atom. The summed E-state index contributed by atoms with van der Waals surface area (Å²) in [5.74, 6) is 0. The maximum Gasteiger partial charge on any atom is 0.416 e. The molecule has 1 N–H and O–H groups in total. The van der Waals surface area contributed by atoms with Gasteiger partial charge >= 0.3 is 6.18 Å². The minimum Gasteiger partial charge on any atom is -0.372 e. The fraction of sp³-hybridized carbons (Fsp3) is 0.333. The highest BCUT2D eigenvalue weighted by atomic mass is 32.2. The maximum absolute atomic E-state index is 13.6. The van der Waals surface area contributed by atoms with E-state index in [1.165, 1.54) is 12.3 Å². The van der Waals surface area contributed by atoms with Crippen LogP contribution in [-0.2, 0) is 16.2 Å². The van der Waals surface area contributed by atoms with Crippen LogP contribution in [0, 0.1) is 0 Å². The van der Waals surface area contributed by atoms with Gasteiger partial charge in [0.05, 0.1) is 16.0 Å². The van der Waals surface area contributed by atoms with Crippen LogP contribution in [0.5, 0.6) is 0 Å². The van der Waals surface area contributed by atoms with E-state index < -0.39 is 21.8 Å². The first-order valence-corrected chi connectivity index (χ1v) is 12.4. The summed E-state index contributed by atoms with van der Waals surface area (Å²) in [6, 6.07) is 9.97. The van der Waals surface area contributed by atoms with Crippen molar-refractivity contribution in [2.24, 2.45) is 0 Å². The van der Waals surface area contributed by atoms with Crippen LogP contribution >= 0.6 is 0 Å². The van der Waals surface area contributed by atoms with Crippen LogP contribution in [0.2, 0.25) is 0 Å². The second-order valence-corrected chi connectivity index (χ2v) is 10.3. The Hall–Kier alpha value is -2.78. The highest BCUT2D eigenvalue weighted by Crippen LogP contribution is 2.37. The lowest BCUT2D eigenvalue weighted by Gasteiger charge is -2.18. The number of nitrogens with zero attached hydrogens (tertiary/aromatic N) is 2. The number of halogens is 3. The molecule has 3 aromatic rings. The van der Waals surface area contributed by atoms with Crippen molar-refractivity contribution in [2.45, 2.75) is 30.3 Å². The van der Waals surface area contributed by atoms with Crippen molar-refractivity contribution < 1.29 is 21.6 Å². The number of nitrogens with one attached hydrogen (secondary N) is 1. The van der Waals surface area contributed by atoms with Crippen LogP contribution < -0.4 is 10.2 Å².